The molecule has 1 atom stereocenters. The molecule has 0 radical (unpaired) electrons. The van der Waals surface area contributed by atoms with Gasteiger partial charge in [0.1, 0.15) is 5.82 Å². The highest BCUT2D eigenvalue weighted by Gasteiger charge is 2.21. The van der Waals surface area contributed by atoms with E-state index in [0.717, 1.165) is 5.56 Å². The van der Waals surface area contributed by atoms with Crippen LogP contribution in [0.4, 0.5) is 4.39 Å². The number of nitrogens with two attached hydrogens (primary N) is 1. The van der Waals surface area contributed by atoms with Crippen LogP contribution in [0.25, 0.3) is 0 Å². The van der Waals surface area contributed by atoms with Gasteiger partial charge >= 0.3 is 0 Å². The first kappa shape index (κ1) is 13.6. The Hall–Kier alpha value is -1.38. The highest BCUT2D eigenvalue weighted by atomic mass is 35.5. The molecule has 20 heavy (non-hydrogen) atoms. The van der Waals surface area contributed by atoms with E-state index in [9.17, 15) is 4.39 Å². The van der Waals surface area contributed by atoms with Crippen LogP contribution in [0, 0.1) is 5.82 Å². The molecule has 1 unspecified atom stereocenters. The Bertz CT molecular complexity index is 585. The smallest absolute Gasteiger partial charge is 0.129 e. The molecule has 2 N–H and O–H groups in total. The average molecular weight is 290 g/mol. The van der Waals surface area contributed by atoms with E-state index < -0.39 is 6.04 Å². The molecule has 3 heteroatoms. The molecule has 1 saturated carbocycles. The predicted octanol–water partition coefficient (Wildman–Crippen LogP) is 4.79. The van der Waals surface area contributed by atoms with Gasteiger partial charge in [0.05, 0.1) is 6.04 Å². The first-order chi connectivity index (χ1) is 9.66. The molecule has 1 aliphatic carbocycles. The summed E-state index contributed by atoms with van der Waals surface area (Å²) in [6.45, 7) is 0. The molecule has 1 fully saturated rings. The van der Waals surface area contributed by atoms with Crippen LogP contribution in [0.3, 0.4) is 0 Å². The maximum atomic E-state index is 13.9. The van der Waals surface area contributed by atoms with E-state index in [4.69, 9.17) is 17.3 Å². The summed E-state index contributed by atoms with van der Waals surface area (Å²) < 4.78 is 13.9. The molecule has 0 bridgehead atoms. The molecule has 0 heterocycles. The van der Waals surface area contributed by atoms with E-state index in [1.54, 1.807) is 12.1 Å². The van der Waals surface area contributed by atoms with Gasteiger partial charge in [-0.05, 0) is 42.0 Å². The van der Waals surface area contributed by atoms with Crippen LogP contribution in [-0.2, 0) is 0 Å². The zero-order chi connectivity index (χ0) is 14.1. The van der Waals surface area contributed by atoms with Gasteiger partial charge in [0.15, 0.2) is 0 Å². The fourth-order valence-electron chi connectivity index (χ4n) is 2.69. The van der Waals surface area contributed by atoms with Gasteiger partial charge in [0, 0.05) is 10.6 Å². The minimum absolute atomic E-state index is 0.354. The zero-order valence-corrected chi connectivity index (χ0v) is 11.9. The summed E-state index contributed by atoms with van der Waals surface area (Å²) in [7, 11) is 0. The topological polar surface area (TPSA) is 26.0 Å². The lowest BCUT2D eigenvalue weighted by atomic mass is 9.79. The molecule has 0 spiro atoms. The number of hydrogen-bond donors (Lipinski definition) is 1. The van der Waals surface area contributed by atoms with E-state index in [-0.39, 0.29) is 5.82 Å². The fourth-order valence-corrected chi connectivity index (χ4v) is 2.97. The molecule has 0 aliphatic heterocycles. The van der Waals surface area contributed by atoms with Crippen LogP contribution in [-0.4, -0.2) is 0 Å². The largest absolute Gasteiger partial charge is 0.320 e. The van der Waals surface area contributed by atoms with Crippen molar-refractivity contribution in [2.75, 3.05) is 0 Å². The van der Waals surface area contributed by atoms with Crippen molar-refractivity contribution < 1.29 is 4.39 Å². The van der Waals surface area contributed by atoms with Gasteiger partial charge in [-0.25, -0.2) is 4.39 Å². The van der Waals surface area contributed by atoms with Crippen molar-refractivity contribution in [1.29, 1.82) is 0 Å². The molecular weight excluding hydrogens is 273 g/mol. The molecule has 0 saturated heterocycles. The second-order valence-electron chi connectivity index (χ2n) is 5.41. The average Bonchev–Trinajstić information content (AvgIpc) is 2.37. The Morgan fingerprint density at radius 1 is 1.10 bits per heavy atom. The first-order valence-electron chi connectivity index (χ1n) is 6.96. The third-order valence-electron chi connectivity index (χ3n) is 4.18. The predicted molar refractivity (Wildman–Crippen MR) is 80.5 cm³/mol. The van der Waals surface area contributed by atoms with Gasteiger partial charge in [-0.1, -0.05) is 48.4 Å². The molecular formula is C17H17ClFN. The van der Waals surface area contributed by atoms with E-state index >= 15 is 0 Å². The van der Waals surface area contributed by atoms with Crippen LogP contribution in [0.15, 0.2) is 42.5 Å². The summed E-state index contributed by atoms with van der Waals surface area (Å²) in [6.07, 6.45) is 3.85. The van der Waals surface area contributed by atoms with E-state index in [0.29, 0.717) is 16.5 Å². The normalized spacial score (nSPS) is 16.8. The van der Waals surface area contributed by atoms with Gasteiger partial charge in [-0.2, -0.15) is 0 Å². The summed E-state index contributed by atoms with van der Waals surface area (Å²) in [4.78, 5) is 0. The highest BCUT2D eigenvalue weighted by Crippen LogP contribution is 2.37. The Balaban J connectivity index is 1.88. The maximum Gasteiger partial charge on any atom is 0.129 e. The zero-order valence-electron chi connectivity index (χ0n) is 11.2. The van der Waals surface area contributed by atoms with Crippen molar-refractivity contribution in [1.82, 2.24) is 0 Å². The number of hydrogen-bond acceptors (Lipinski definition) is 1. The summed E-state index contributed by atoms with van der Waals surface area (Å²) in [5, 5.41) is 0.376. The molecule has 3 rings (SSSR count). The standard InChI is InChI=1S/C17H17ClFN/c18-14-5-2-6-15(19)16(14)17(20)13-9-7-12(8-10-13)11-3-1-4-11/h2,5-11,17H,1,3-4,20H2. The number of halogens is 2. The molecule has 2 aromatic rings. The number of rotatable bonds is 3. The monoisotopic (exact) mass is 289 g/mol. The quantitative estimate of drug-likeness (QED) is 0.863. The SMILES string of the molecule is NC(c1ccc(C2CCC2)cc1)c1c(F)cccc1Cl. The van der Waals surface area contributed by atoms with Gasteiger partial charge in [0.25, 0.3) is 0 Å². The van der Waals surface area contributed by atoms with Gasteiger partial charge in [-0.3, -0.25) is 0 Å². The van der Waals surface area contributed by atoms with Gasteiger partial charge in [0.2, 0.25) is 0 Å². The van der Waals surface area contributed by atoms with E-state index in [1.807, 2.05) is 12.1 Å². The highest BCUT2D eigenvalue weighted by molar-refractivity contribution is 6.31. The van der Waals surface area contributed by atoms with Crippen molar-refractivity contribution in [3.63, 3.8) is 0 Å². The third kappa shape index (κ3) is 2.46. The van der Waals surface area contributed by atoms with Crippen LogP contribution < -0.4 is 5.73 Å². The molecule has 0 aromatic heterocycles. The Morgan fingerprint density at radius 3 is 2.35 bits per heavy atom. The van der Waals surface area contributed by atoms with Crippen LogP contribution in [0.2, 0.25) is 5.02 Å². The molecule has 1 aliphatic rings. The fraction of sp³-hybridized carbons (Fsp3) is 0.294. The maximum absolute atomic E-state index is 13.9. The van der Waals surface area contributed by atoms with Crippen LogP contribution >= 0.6 is 11.6 Å². The van der Waals surface area contributed by atoms with E-state index in [1.165, 1.54) is 30.9 Å². The van der Waals surface area contributed by atoms with E-state index in [2.05, 4.69) is 12.1 Å². The lowest BCUT2D eigenvalue weighted by molar-refractivity contribution is 0.419. The molecule has 0 amide bonds. The van der Waals surface area contributed by atoms with Crippen LogP contribution in [0.1, 0.15) is 47.9 Å². The Labute approximate surface area is 123 Å². The molecule has 1 nitrogen and oxygen atoms in total. The van der Waals surface area contributed by atoms with Crippen molar-refractivity contribution in [2.45, 2.75) is 31.2 Å². The Morgan fingerprint density at radius 2 is 1.80 bits per heavy atom. The van der Waals surface area contributed by atoms with Crippen molar-refractivity contribution >= 4 is 11.6 Å². The molecule has 104 valence electrons. The second kappa shape index (κ2) is 5.55. The third-order valence-corrected chi connectivity index (χ3v) is 4.51. The van der Waals surface area contributed by atoms with Crippen molar-refractivity contribution in [3.05, 3.63) is 70.0 Å². The lowest BCUT2D eigenvalue weighted by Gasteiger charge is -2.26. The van der Waals surface area contributed by atoms with Crippen molar-refractivity contribution in [3.8, 4) is 0 Å². The molecule has 2 aromatic carbocycles. The summed E-state index contributed by atoms with van der Waals surface area (Å²) in [6, 6.07) is 12.3. The van der Waals surface area contributed by atoms with Gasteiger partial charge < -0.3 is 5.73 Å². The lowest BCUT2D eigenvalue weighted by Crippen LogP contribution is -2.15. The Kier molecular flexibility index (Phi) is 3.77. The minimum atomic E-state index is -0.529. The van der Waals surface area contributed by atoms with Crippen LogP contribution in [0.5, 0.6) is 0 Å². The summed E-state index contributed by atoms with van der Waals surface area (Å²) in [5.41, 5.74) is 8.77. The van der Waals surface area contributed by atoms with Crippen molar-refractivity contribution in [2.24, 2.45) is 5.73 Å². The summed E-state index contributed by atoms with van der Waals surface area (Å²) >= 11 is 6.07. The second-order valence-corrected chi connectivity index (χ2v) is 5.81. The minimum Gasteiger partial charge on any atom is -0.320 e. The first-order valence-corrected chi connectivity index (χ1v) is 7.34. The number of benzene rings is 2. The van der Waals surface area contributed by atoms with Gasteiger partial charge in [-0.15, -0.1) is 0 Å². The summed E-state index contributed by atoms with van der Waals surface area (Å²) in [5.74, 6) is 0.338.